The Balaban J connectivity index is 1.46. The molecule has 4 aliphatic heterocycles. The van der Waals surface area contributed by atoms with E-state index in [1.54, 1.807) is 0 Å². The summed E-state index contributed by atoms with van der Waals surface area (Å²) in [5.41, 5.74) is 0.728. The molecular weight excluding hydrogens is 195 g/mol. The molecule has 16 heavy (non-hydrogen) atoms. The van der Waals surface area contributed by atoms with Crippen molar-refractivity contribution in [2.75, 3.05) is 26.2 Å². The molecular formula is C13H23BN2. The monoisotopic (exact) mass is 218 g/mol. The Morgan fingerprint density at radius 1 is 0.938 bits per heavy atom. The molecule has 0 aromatic heterocycles. The summed E-state index contributed by atoms with van der Waals surface area (Å²) in [7, 11) is 0. The van der Waals surface area contributed by atoms with Crippen LogP contribution in [0.15, 0.2) is 0 Å². The van der Waals surface area contributed by atoms with Crippen molar-refractivity contribution in [1.82, 2.24) is 10.1 Å². The fraction of sp³-hybridized carbons (Fsp3) is 1.00. The Labute approximate surface area is 99.3 Å². The van der Waals surface area contributed by atoms with Crippen LogP contribution in [-0.4, -0.2) is 37.8 Å². The molecule has 4 saturated heterocycles. The number of nitrogens with zero attached hydrogens (tertiary/aromatic N) is 1. The zero-order valence-electron chi connectivity index (χ0n) is 10.3. The summed E-state index contributed by atoms with van der Waals surface area (Å²) in [6.07, 6.45) is 9.16. The average Bonchev–Trinajstić information content (AvgIpc) is 2.12. The van der Waals surface area contributed by atoms with Gasteiger partial charge in [0.05, 0.1) is 0 Å². The van der Waals surface area contributed by atoms with Gasteiger partial charge in [0.15, 0.2) is 0 Å². The van der Waals surface area contributed by atoms with Crippen molar-refractivity contribution in [3.8, 4) is 0 Å². The summed E-state index contributed by atoms with van der Waals surface area (Å²) in [5.74, 6) is 2.13. The molecule has 0 aromatic rings. The second kappa shape index (κ2) is 3.49. The number of hydrogen-bond donors (Lipinski definition) is 1. The Hall–Kier alpha value is -0.0151. The third kappa shape index (κ3) is 1.34. The summed E-state index contributed by atoms with van der Waals surface area (Å²) in [6.45, 7) is 6.42. The van der Waals surface area contributed by atoms with Crippen molar-refractivity contribution in [3.63, 3.8) is 0 Å². The van der Waals surface area contributed by atoms with Crippen LogP contribution in [-0.2, 0) is 0 Å². The molecule has 4 fully saturated rings. The normalized spacial score (nSPS) is 41.6. The Morgan fingerprint density at radius 3 is 1.94 bits per heavy atom. The molecule has 2 bridgehead atoms. The maximum atomic E-state index is 3.45. The van der Waals surface area contributed by atoms with Crippen molar-refractivity contribution in [3.05, 3.63) is 0 Å². The minimum atomic E-state index is 0.728. The van der Waals surface area contributed by atoms with E-state index in [1.807, 2.05) is 0 Å². The van der Waals surface area contributed by atoms with Crippen molar-refractivity contribution in [2.24, 2.45) is 5.41 Å². The van der Waals surface area contributed by atoms with E-state index in [4.69, 9.17) is 0 Å². The van der Waals surface area contributed by atoms with Gasteiger partial charge in [0.2, 0.25) is 6.85 Å². The van der Waals surface area contributed by atoms with Gasteiger partial charge < -0.3 is 10.1 Å². The van der Waals surface area contributed by atoms with Crippen LogP contribution in [0.3, 0.4) is 0 Å². The summed E-state index contributed by atoms with van der Waals surface area (Å²) >= 11 is 0. The summed E-state index contributed by atoms with van der Waals surface area (Å²) in [6, 6.07) is 0. The molecule has 0 radical (unpaired) electrons. The van der Waals surface area contributed by atoms with Crippen LogP contribution in [0.1, 0.15) is 38.5 Å². The number of hydrogen-bond acceptors (Lipinski definition) is 2. The van der Waals surface area contributed by atoms with Crippen LogP contribution >= 0.6 is 0 Å². The van der Waals surface area contributed by atoms with Crippen LogP contribution < -0.4 is 5.32 Å². The van der Waals surface area contributed by atoms with Gasteiger partial charge in [0.25, 0.3) is 0 Å². The van der Waals surface area contributed by atoms with Crippen molar-refractivity contribution >= 4 is 6.85 Å². The summed E-state index contributed by atoms with van der Waals surface area (Å²) in [4.78, 5) is 2.86. The second-order valence-electron chi connectivity index (χ2n) is 6.88. The van der Waals surface area contributed by atoms with Gasteiger partial charge in [-0.25, -0.2) is 0 Å². The Kier molecular flexibility index (Phi) is 2.17. The van der Waals surface area contributed by atoms with E-state index in [0.29, 0.717) is 0 Å². The first-order valence-corrected chi connectivity index (χ1v) is 7.31. The molecule has 0 atom stereocenters. The van der Waals surface area contributed by atoms with Gasteiger partial charge >= 0.3 is 0 Å². The first-order chi connectivity index (χ1) is 7.86. The molecule has 4 heterocycles. The zero-order valence-corrected chi connectivity index (χ0v) is 10.3. The van der Waals surface area contributed by atoms with E-state index in [1.165, 1.54) is 64.7 Å². The maximum Gasteiger partial charge on any atom is 0.229 e. The fourth-order valence-corrected chi connectivity index (χ4v) is 4.97. The molecule has 88 valence electrons. The molecule has 2 nitrogen and oxygen atoms in total. The third-order valence-corrected chi connectivity index (χ3v) is 5.76. The molecule has 0 saturated carbocycles. The molecule has 1 N–H and O–H groups in total. The predicted molar refractivity (Wildman–Crippen MR) is 67.8 cm³/mol. The van der Waals surface area contributed by atoms with E-state index in [2.05, 4.69) is 10.1 Å². The third-order valence-electron chi connectivity index (χ3n) is 5.76. The molecule has 0 amide bonds. The molecule has 1 spiro atoms. The van der Waals surface area contributed by atoms with Crippen molar-refractivity contribution < 1.29 is 0 Å². The van der Waals surface area contributed by atoms with Gasteiger partial charge in [-0.15, -0.1) is 0 Å². The molecule has 0 aromatic carbocycles. The standard InChI is InChI=1S/C13H23BN2/c1-3-11-5-2-6-12(4-1)14(11)16-9-13(10-16)7-15-8-13/h11-12,15H,1-10H2. The SMILES string of the molecule is C1CC2CCCC(C1)B2N1CC2(CNC2)C1. The second-order valence-corrected chi connectivity index (χ2v) is 6.88. The van der Waals surface area contributed by atoms with Crippen molar-refractivity contribution in [1.29, 1.82) is 0 Å². The van der Waals surface area contributed by atoms with E-state index in [0.717, 1.165) is 23.9 Å². The fourth-order valence-electron chi connectivity index (χ4n) is 4.97. The van der Waals surface area contributed by atoms with Crippen LogP contribution in [0.5, 0.6) is 0 Å². The van der Waals surface area contributed by atoms with Crippen molar-refractivity contribution in [2.45, 2.75) is 50.2 Å². The van der Waals surface area contributed by atoms with Gasteiger partial charge in [-0.1, -0.05) is 38.5 Å². The molecule has 0 unspecified atom stereocenters. The predicted octanol–water partition coefficient (Wildman–Crippen LogP) is 1.99. The summed E-state index contributed by atoms with van der Waals surface area (Å²) in [5, 5.41) is 3.45. The smallest absolute Gasteiger partial charge is 0.229 e. The van der Waals surface area contributed by atoms with Crippen LogP contribution in [0.4, 0.5) is 0 Å². The first-order valence-electron chi connectivity index (χ1n) is 7.31. The highest BCUT2D eigenvalue weighted by molar-refractivity contribution is 6.60. The quantitative estimate of drug-likeness (QED) is 0.677. The number of nitrogens with one attached hydrogen (secondary N) is 1. The van der Waals surface area contributed by atoms with Crippen LogP contribution in [0, 0.1) is 5.41 Å². The highest BCUT2D eigenvalue weighted by Gasteiger charge is 2.54. The maximum absolute atomic E-state index is 3.45. The largest absolute Gasteiger partial charge is 0.340 e. The lowest BCUT2D eigenvalue weighted by Crippen LogP contribution is -2.74. The summed E-state index contributed by atoms with van der Waals surface area (Å²) < 4.78 is 0. The lowest BCUT2D eigenvalue weighted by molar-refractivity contribution is 0.00727. The highest BCUT2D eigenvalue weighted by atomic mass is 15.2. The van der Waals surface area contributed by atoms with E-state index >= 15 is 0 Å². The molecule has 4 aliphatic rings. The minimum Gasteiger partial charge on any atom is -0.340 e. The van der Waals surface area contributed by atoms with Gasteiger partial charge in [-0.05, 0) is 24.7 Å². The van der Waals surface area contributed by atoms with E-state index < -0.39 is 0 Å². The van der Waals surface area contributed by atoms with Gasteiger partial charge in [-0.3, -0.25) is 0 Å². The Bertz CT molecular complexity index is 260. The van der Waals surface area contributed by atoms with Gasteiger partial charge in [-0.2, -0.15) is 0 Å². The highest BCUT2D eigenvalue weighted by Crippen LogP contribution is 2.50. The molecule has 0 aliphatic carbocycles. The first kappa shape index (κ1) is 9.96. The van der Waals surface area contributed by atoms with Gasteiger partial charge in [0.1, 0.15) is 0 Å². The number of fused-ring (bicyclic) bond motifs is 2. The van der Waals surface area contributed by atoms with Gasteiger partial charge in [0, 0.05) is 18.5 Å². The minimum absolute atomic E-state index is 0.728. The number of rotatable bonds is 1. The van der Waals surface area contributed by atoms with Crippen LogP contribution in [0.2, 0.25) is 11.6 Å². The van der Waals surface area contributed by atoms with E-state index in [-0.39, 0.29) is 0 Å². The molecule has 3 heteroatoms. The average molecular weight is 218 g/mol. The topological polar surface area (TPSA) is 15.3 Å². The Morgan fingerprint density at radius 2 is 1.50 bits per heavy atom. The lowest BCUT2D eigenvalue weighted by Gasteiger charge is -2.61. The molecule has 4 rings (SSSR count). The lowest BCUT2D eigenvalue weighted by atomic mass is 9.32. The zero-order chi connectivity index (χ0) is 10.6. The van der Waals surface area contributed by atoms with E-state index in [9.17, 15) is 0 Å². The van der Waals surface area contributed by atoms with Crippen LogP contribution in [0.25, 0.3) is 0 Å².